The fourth-order valence-electron chi connectivity index (χ4n) is 2.17. The second-order valence-electron chi connectivity index (χ2n) is 6.35. The molecule has 4 unspecified atom stereocenters. The first kappa shape index (κ1) is 25.8. The molecule has 0 saturated carbocycles. The van der Waals surface area contributed by atoms with Crippen molar-refractivity contribution in [1.82, 2.24) is 16.0 Å². The summed E-state index contributed by atoms with van der Waals surface area (Å²) in [7, 11) is 0. The molecule has 4 atom stereocenters. The van der Waals surface area contributed by atoms with Crippen LogP contribution in [-0.4, -0.2) is 75.6 Å². The van der Waals surface area contributed by atoms with E-state index in [1.54, 1.807) is 13.8 Å². The Kier molecular flexibility index (Phi) is 10.9. The lowest BCUT2D eigenvalue weighted by molar-refractivity contribution is -0.142. The zero-order valence-electron chi connectivity index (χ0n) is 16.0. The summed E-state index contributed by atoms with van der Waals surface area (Å²) in [5.41, 5.74) is 5.47. The molecule has 0 aliphatic carbocycles. The SMILES string of the molecule is CCC(C)C(NC(=O)C(N)CC(=O)O)C(=O)NC(CC(=O)O)C(=O)NCC(=O)O. The summed E-state index contributed by atoms with van der Waals surface area (Å²) in [4.78, 5) is 68.9. The van der Waals surface area contributed by atoms with Crippen molar-refractivity contribution >= 4 is 35.6 Å². The molecule has 0 radical (unpaired) electrons. The maximum atomic E-state index is 12.6. The van der Waals surface area contributed by atoms with Crippen LogP contribution < -0.4 is 21.7 Å². The Hall–Kier alpha value is -3.22. The van der Waals surface area contributed by atoms with Gasteiger partial charge in [-0.2, -0.15) is 0 Å². The Morgan fingerprint density at radius 3 is 1.83 bits per heavy atom. The highest BCUT2D eigenvalue weighted by Gasteiger charge is 2.32. The molecule has 164 valence electrons. The zero-order valence-corrected chi connectivity index (χ0v) is 16.0. The number of nitrogens with two attached hydrogens (primary N) is 1. The monoisotopic (exact) mass is 418 g/mol. The van der Waals surface area contributed by atoms with Crippen molar-refractivity contribution in [3.63, 3.8) is 0 Å². The number of hydrogen-bond donors (Lipinski definition) is 7. The van der Waals surface area contributed by atoms with Gasteiger partial charge in [0.2, 0.25) is 17.7 Å². The summed E-state index contributed by atoms with van der Waals surface area (Å²) in [5.74, 6) is -7.40. The Morgan fingerprint density at radius 2 is 1.38 bits per heavy atom. The summed E-state index contributed by atoms with van der Waals surface area (Å²) in [6.45, 7) is 2.53. The number of nitrogens with one attached hydrogen (secondary N) is 3. The second kappa shape index (κ2) is 12.3. The summed E-state index contributed by atoms with van der Waals surface area (Å²) >= 11 is 0. The zero-order chi connectivity index (χ0) is 22.7. The third-order valence-corrected chi connectivity index (χ3v) is 3.95. The lowest BCUT2D eigenvalue weighted by Gasteiger charge is -2.26. The first-order valence-corrected chi connectivity index (χ1v) is 8.68. The molecule has 29 heavy (non-hydrogen) atoms. The van der Waals surface area contributed by atoms with Gasteiger partial charge in [-0.05, 0) is 5.92 Å². The molecule has 0 aliphatic rings. The molecule has 0 aromatic heterocycles. The van der Waals surface area contributed by atoms with Crippen LogP contribution in [0.4, 0.5) is 0 Å². The van der Waals surface area contributed by atoms with Gasteiger partial charge in [0.1, 0.15) is 18.6 Å². The molecule has 0 aromatic rings. The van der Waals surface area contributed by atoms with Crippen LogP contribution in [0.2, 0.25) is 0 Å². The van der Waals surface area contributed by atoms with Gasteiger partial charge in [0.05, 0.1) is 18.9 Å². The molecular formula is C16H26N4O9. The molecule has 0 aromatic carbocycles. The van der Waals surface area contributed by atoms with Gasteiger partial charge in [0.15, 0.2) is 0 Å². The predicted molar refractivity (Wildman–Crippen MR) is 96.4 cm³/mol. The molecule has 0 fully saturated rings. The van der Waals surface area contributed by atoms with Crippen molar-refractivity contribution in [1.29, 1.82) is 0 Å². The number of amides is 3. The number of carbonyl (C=O) groups excluding carboxylic acids is 3. The average molecular weight is 418 g/mol. The lowest BCUT2D eigenvalue weighted by atomic mass is 9.97. The van der Waals surface area contributed by atoms with Crippen LogP contribution >= 0.6 is 0 Å². The van der Waals surface area contributed by atoms with Gasteiger partial charge in [-0.3, -0.25) is 28.8 Å². The van der Waals surface area contributed by atoms with Crippen LogP contribution in [0.3, 0.4) is 0 Å². The largest absolute Gasteiger partial charge is 0.481 e. The summed E-state index contributed by atoms with van der Waals surface area (Å²) in [6.07, 6.45) is -1.09. The molecule has 3 amide bonds. The van der Waals surface area contributed by atoms with E-state index in [1.807, 2.05) is 5.32 Å². The van der Waals surface area contributed by atoms with Gasteiger partial charge >= 0.3 is 17.9 Å². The normalized spacial score (nSPS) is 14.6. The van der Waals surface area contributed by atoms with Gasteiger partial charge in [-0.1, -0.05) is 20.3 Å². The van der Waals surface area contributed by atoms with Crippen molar-refractivity contribution in [2.75, 3.05) is 6.54 Å². The average Bonchev–Trinajstić information content (AvgIpc) is 2.61. The highest BCUT2D eigenvalue weighted by molar-refractivity contribution is 5.95. The second-order valence-corrected chi connectivity index (χ2v) is 6.35. The highest BCUT2D eigenvalue weighted by atomic mass is 16.4. The molecule has 13 heteroatoms. The molecule has 0 saturated heterocycles. The minimum atomic E-state index is -1.59. The smallest absolute Gasteiger partial charge is 0.322 e. The number of carbonyl (C=O) groups is 6. The maximum absolute atomic E-state index is 12.6. The lowest BCUT2D eigenvalue weighted by Crippen LogP contribution is -2.58. The molecule has 0 spiro atoms. The van der Waals surface area contributed by atoms with E-state index in [2.05, 4.69) is 10.6 Å². The van der Waals surface area contributed by atoms with E-state index in [-0.39, 0.29) is 0 Å². The van der Waals surface area contributed by atoms with E-state index in [0.29, 0.717) is 6.42 Å². The first-order valence-electron chi connectivity index (χ1n) is 8.68. The predicted octanol–water partition coefficient (Wildman–Crippen LogP) is -2.52. The summed E-state index contributed by atoms with van der Waals surface area (Å²) < 4.78 is 0. The van der Waals surface area contributed by atoms with Gasteiger partial charge in [-0.15, -0.1) is 0 Å². The summed E-state index contributed by atoms with van der Waals surface area (Å²) in [5, 5.41) is 32.7. The van der Waals surface area contributed by atoms with Gasteiger partial charge in [0, 0.05) is 0 Å². The number of aliphatic carboxylic acids is 3. The molecule has 8 N–H and O–H groups in total. The third kappa shape index (κ3) is 10.0. The van der Waals surface area contributed by atoms with Crippen LogP contribution in [0, 0.1) is 5.92 Å². The van der Waals surface area contributed by atoms with Gasteiger partial charge in [-0.25, -0.2) is 0 Å². The number of carboxylic acids is 3. The van der Waals surface area contributed by atoms with Crippen LogP contribution in [0.15, 0.2) is 0 Å². The molecule has 0 aliphatic heterocycles. The van der Waals surface area contributed by atoms with E-state index < -0.39 is 79.1 Å². The third-order valence-electron chi connectivity index (χ3n) is 3.95. The molecular weight excluding hydrogens is 392 g/mol. The maximum Gasteiger partial charge on any atom is 0.322 e. The van der Waals surface area contributed by atoms with E-state index >= 15 is 0 Å². The fraction of sp³-hybridized carbons (Fsp3) is 0.625. The highest BCUT2D eigenvalue weighted by Crippen LogP contribution is 2.09. The minimum absolute atomic E-state index is 0.404. The Labute approximate surface area is 166 Å². The van der Waals surface area contributed by atoms with E-state index in [4.69, 9.17) is 21.1 Å². The van der Waals surface area contributed by atoms with Gasteiger partial charge in [0.25, 0.3) is 0 Å². The molecule has 0 rings (SSSR count). The topological polar surface area (TPSA) is 225 Å². The van der Waals surface area contributed by atoms with Crippen molar-refractivity contribution in [2.45, 2.75) is 51.2 Å². The van der Waals surface area contributed by atoms with Crippen LogP contribution in [0.1, 0.15) is 33.1 Å². The van der Waals surface area contributed by atoms with Crippen LogP contribution in [0.25, 0.3) is 0 Å². The van der Waals surface area contributed by atoms with Gasteiger partial charge < -0.3 is 37.0 Å². The number of hydrogen-bond acceptors (Lipinski definition) is 7. The van der Waals surface area contributed by atoms with Crippen molar-refractivity contribution in [3.8, 4) is 0 Å². The number of carboxylic acid groups (broad SMARTS) is 3. The quantitative estimate of drug-likeness (QED) is 0.166. The van der Waals surface area contributed by atoms with Crippen LogP contribution in [0.5, 0.6) is 0 Å². The number of rotatable bonds is 13. The molecule has 0 heterocycles. The minimum Gasteiger partial charge on any atom is -0.481 e. The first-order chi connectivity index (χ1) is 13.4. The van der Waals surface area contributed by atoms with Crippen molar-refractivity contribution < 1.29 is 44.1 Å². The van der Waals surface area contributed by atoms with Crippen molar-refractivity contribution in [2.24, 2.45) is 11.7 Å². The van der Waals surface area contributed by atoms with E-state index in [0.717, 1.165) is 0 Å². The standard InChI is InChI=1S/C16H26N4O9/c1-3-7(2)13(20-14(27)8(17)4-10(21)22)16(29)19-9(5-11(23)24)15(28)18-6-12(25)26/h7-9,13H,3-6,17H2,1-2H3,(H,18,28)(H,19,29)(H,20,27)(H,21,22)(H,23,24)(H,25,26). The fourth-order valence-corrected chi connectivity index (χ4v) is 2.17. The molecule has 13 nitrogen and oxygen atoms in total. The summed E-state index contributed by atoms with van der Waals surface area (Å²) in [6, 6.07) is -4.23. The Bertz CT molecular complexity index is 652. The van der Waals surface area contributed by atoms with E-state index in [9.17, 15) is 28.8 Å². The van der Waals surface area contributed by atoms with E-state index in [1.165, 1.54) is 0 Å². The van der Waals surface area contributed by atoms with Crippen molar-refractivity contribution in [3.05, 3.63) is 0 Å². The molecule has 0 bridgehead atoms. The Morgan fingerprint density at radius 1 is 0.828 bits per heavy atom. The van der Waals surface area contributed by atoms with Crippen LogP contribution in [-0.2, 0) is 28.8 Å². The Balaban J connectivity index is 5.34.